The van der Waals surface area contributed by atoms with E-state index in [2.05, 4.69) is 0 Å². The maximum absolute atomic E-state index is 15.0. The first-order chi connectivity index (χ1) is 16.7. The lowest BCUT2D eigenvalue weighted by molar-refractivity contribution is -0.316. The van der Waals surface area contributed by atoms with Crippen LogP contribution >= 0.6 is 0 Å². The molecule has 4 aliphatic rings. The van der Waals surface area contributed by atoms with E-state index in [9.17, 15) is 26.4 Å². The van der Waals surface area contributed by atoms with E-state index in [1.807, 2.05) is 0 Å². The van der Waals surface area contributed by atoms with Crippen LogP contribution in [0, 0.1) is 23.2 Å². The number of hydrogen-bond acceptors (Lipinski definition) is 3. The standard InChI is InChI=1S/C27H29F5O3S/c1-36(34,35)19-6-2-16(3-7-19)15-25-13-12-21-20-9-5-18(33)14-17(20)4-8-22(21)23(25)10-11-24(25)26(28,29)27(30,31)32/h2-3,6-7,14,22-24H,4-5,8-13,15H2,1H3/t22-,23+,24?,25-/m1/s1. The van der Waals surface area contributed by atoms with Crippen molar-refractivity contribution in [3.8, 4) is 0 Å². The summed E-state index contributed by atoms with van der Waals surface area (Å²) in [7, 11) is -3.46. The molecule has 0 radical (unpaired) electrons. The first-order valence-electron chi connectivity index (χ1n) is 12.4. The largest absolute Gasteiger partial charge is 0.453 e. The predicted octanol–water partition coefficient (Wildman–Crippen LogP) is 6.63. The second-order valence-electron chi connectivity index (χ2n) is 11.0. The van der Waals surface area contributed by atoms with Crippen molar-refractivity contribution in [1.29, 1.82) is 0 Å². The highest BCUT2D eigenvalue weighted by Crippen LogP contribution is 2.67. The highest BCUT2D eigenvalue weighted by Gasteiger charge is 2.71. The highest BCUT2D eigenvalue weighted by molar-refractivity contribution is 7.90. The number of alkyl halides is 5. The number of sulfone groups is 1. The van der Waals surface area contributed by atoms with Gasteiger partial charge in [-0.2, -0.15) is 22.0 Å². The van der Waals surface area contributed by atoms with E-state index in [1.165, 1.54) is 12.1 Å². The van der Waals surface area contributed by atoms with Gasteiger partial charge in [-0.05, 0) is 104 Å². The Morgan fingerprint density at radius 3 is 2.28 bits per heavy atom. The first kappa shape index (κ1) is 25.6. The Bertz CT molecular complexity index is 1240. The van der Waals surface area contributed by atoms with Gasteiger partial charge in [0.05, 0.1) is 4.90 Å². The van der Waals surface area contributed by atoms with Crippen molar-refractivity contribution in [3.63, 3.8) is 0 Å². The van der Waals surface area contributed by atoms with Gasteiger partial charge in [-0.15, -0.1) is 0 Å². The van der Waals surface area contributed by atoms with E-state index in [0.717, 1.165) is 23.0 Å². The number of allylic oxidation sites excluding steroid dienone is 4. The van der Waals surface area contributed by atoms with E-state index in [1.54, 1.807) is 18.2 Å². The molecule has 0 bridgehead atoms. The van der Waals surface area contributed by atoms with Crippen LogP contribution in [-0.4, -0.2) is 32.6 Å². The van der Waals surface area contributed by atoms with Gasteiger partial charge in [0.15, 0.2) is 15.6 Å². The first-order valence-corrected chi connectivity index (χ1v) is 14.3. The zero-order chi connectivity index (χ0) is 26.1. The molecule has 0 aliphatic heterocycles. The van der Waals surface area contributed by atoms with Crippen LogP contribution in [-0.2, 0) is 21.1 Å². The third-order valence-electron chi connectivity index (χ3n) is 9.15. The molecule has 196 valence electrons. The molecule has 9 heteroatoms. The molecular weight excluding hydrogens is 499 g/mol. The molecule has 0 amide bonds. The summed E-state index contributed by atoms with van der Waals surface area (Å²) in [6.45, 7) is 0. The van der Waals surface area contributed by atoms with Gasteiger partial charge >= 0.3 is 12.1 Å². The van der Waals surface area contributed by atoms with Crippen LogP contribution in [0.3, 0.4) is 0 Å². The van der Waals surface area contributed by atoms with Crippen molar-refractivity contribution in [1.82, 2.24) is 0 Å². The lowest BCUT2D eigenvalue weighted by atomic mass is 9.53. The number of hydrogen-bond donors (Lipinski definition) is 0. The smallest absolute Gasteiger partial charge is 0.295 e. The average Bonchev–Trinajstić information content (AvgIpc) is 3.17. The van der Waals surface area contributed by atoms with E-state index in [-0.39, 0.29) is 41.8 Å². The second kappa shape index (κ2) is 8.50. The molecule has 3 nitrogen and oxygen atoms in total. The summed E-state index contributed by atoms with van der Waals surface area (Å²) in [6, 6.07) is 5.89. The minimum absolute atomic E-state index is 0.0539. The van der Waals surface area contributed by atoms with Gasteiger partial charge in [0.2, 0.25) is 0 Å². The zero-order valence-corrected chi connectivity index (χ0v) is 20.8. The van der Waals surface area contributed by atoms with Crippen LogP contribution < -0.4 is 0 Å². The maximum Gasteiger partial charge on any atom is 0.453 e. The predicted molar refractivity (Wildman–Crippen MR) is 124 cm³/mol. The summed E-state index contributed by atoms with van der Waals surface area (Å²) in [5.74, 6) is -6.94. The molecule has 2 saturated carbocycles. The quantitative estimate of drug-likeness (QED) is 0.412. The van der Waals surface area contributed by atoms with Crippen molar-refractivity contribution in [3.05, 3.63) is 52.6 Å². The van der Waals surface area contributed by atoms with Crippen LogP contribution in [0.5, 0.6) is 0 Å². The van der Waals surface area contributed by atoms with Crippen LogP contribution in [0.2, 0.25) is 0 Å². The van der Waals surface area contributed by atoms with E-state index in [0.29, 0.717) is 44.1 Å². The normalized spacial score (nSPS) is 31.0. The number of benzene rings is 1. The van der Waals surface area contributed by atoms with Gasteiger partial charge < -0.3 is 0 Å². The van der Waals surface area contributed by atoms with Crippen molar-refractivity contribution in [2.45, 2.75) is 74.8 Å². The van der Waals surface area contributed by atoms with Gasteiger partial charge in [0, 0.05) is 18.6 Å². The Hall–Kier alpha value is -2.03. The number of fused-ring (bicyclic) bond motifs is 4. The Morgan fingerprint density at radius 2 is 1.64 bits per heavy atom. The Kier molecular flexibility index (Phi) is 6.05. The SMILES string of the molecule is CS(=O)(=O)c1ccc(C[C@]23CCC4=C5CCC(=O)C=C5CC[C@H]4[C@@H]2CCC3C(F)(F)C(F)(F)F)cc1. The third kappa shape index (κ3) is 4.05. The molecule has 5 rings (SSSR count). The van der Waals surface area contributed by atoms with Crippen molar-refractivity contribution in [2.24, 2.45) is 23.2 Å². The monoisotopic (exact) mass is 528 g/mol. The van der Waals surface area contributed by atoms with Gasteiger partial charge in [0.25, 0.3) is 0 Å². The van der Waals surface area contributed by atoms with E-state index >= 15 is 8.78 Å². The lowest BCUT2D eigenvalue weighted by Gasteiger charge is -2.52. The molecule has 0 saturated heterocycles. The van der Waals surface area contributed by atoms with Crippen LogP contribution in [0.15, 0.2) is 52.0 Å². The van der Waals surface area contributed by atoms with E-state index in [4.69, 9.17) is 0 Å². The number of carbonyl (C=O) groups excluding carboxylic acids is 1. The minimum atomic E-state index is -5.63. The molecule has 1 unspecified atom stereocenters. The van der Waals surface area contributed by atoms with Crippen LogP contribution in [0.4, 0.5) is 22.0 Å². The fourth-order valence-electron chi connectivity index (χ4n) is 7.67. The molecule has 0 N–H and O–H groups in total. The summed E-state index contributed by atoms with van der Waals surface area (Å²) in [4.78, 5) is 12.0. The molecule has 2 fully saturated rings. The molecule has 0 heterocycles. The van der Waals surface area contributed by atoms with Gasteiger partial charge in [0.1, 0.15) is 0 Å². The fraction of sp³-hybridized carbons (Fsp3) is 0.593. The number of rotatable bonds is 4. The topological polar surface area (TPSA) is 51.2 Å². The maximum atomic E-state index is 15.0. The number of ketones is 1. The molecular formula is C27H29F5O3S. The Morgan fingerprint density at radius 1 is 0.944 bits per heavy atom. The summed E-state index contributed by atoms with van der Waals surface area (Å²) >= 11 is 0. The number of carbonyl (C=O) groups is 1. The molecule has 1 aromatic rings. The lowest BCUT2D eigenvalue weighted by Crippen LogP contribution is -2.53. The highest BCUT2D eigenvalue weighted by atomic mass is 32.2. The van der Waals surface area contributed by atoms with Gasteiger partial charge in [-0.25, -0.2) is 8.42 Å². The second-order valence-corrected chi connectivity index (χ2v) is 13.0. The molecule has 0 spiro atoms. The molecule has 4 aliphatic carbocycles. The van der Waals surface area contributed by atoms with Crippen LogP contribution in [0.1, 0.15) is 56.9 Å². The fourth-order valence-corrected chi connectivity index (χ4v) is 8.30. The molecule has 4 atom stereocenters. The number of halogens is 5. The van der Waals surface area contributed by atoms with E-state index < -0.39 is 33.3 Å². The molecule has 0 aromatic heterocycles. The summed E-state index contributed by atoms with van der Waals surface area (Å²) < 4.78 is 94.8. The van der Waals surface area contributed by atoms with Crippen molar-refractivity contribution >= 4 is 15.6 Å². The molecule has 1 aromatic carbocycles. The Labute approximate surface area is 207 Å². The van der Waals surface area contributed by atoms with Crippen molar-refractivity contribution < 1.29 is 35.2 Å². The minimum Gasteiger partial charge on any atom is -0.295 e. The van der Waals surface area contributed by atoms with Gasteiger partial charge in [-0.1, -0.05) is 17.7 Å². The average molecular weight is 529 g/mol. The van der Waals surface area contributed by atoms with Gasteiger partial charge in [-0.3, -0.25) is 4.79 Å². The summed E-state index contributed by atoms with van der Waals surface area (Å²) in [6.07, 6.45) is 0.271. The summed E-state index contributed by atoms with van der Waals surface area (Å²) in [5.41, 5.74) is 2.63. The van der Waals surface area contributed by atoms with Crippen molar-refractivity contribution in [2.75, 3.05) is 6.26 Å². The Balaban J connectivity index is 1.57. The van der Waals surface area contributed by atoms with Crippen LogP contribution in [0.25, 0.3) is 0 Å². The zero-order valence-electron chi connectivity index (χ0n) is 20.0. The summed E-state index contributed by atoms with van der Waals surface area (Å²) in [5, 5.41) is 0. The third-order valence-corrected chi connectivity index (χ3v) is 10.3. The molecule has 36 heavy (non-hydrogen) atoms.